The lowest BCUT2D eigenvalue weighted by Gasteiger charge is -2.33. The third-order valence-corrected chi connectivity index (χ3v) is 4.81. The van der Waals surface area contributed by atoms with Crippen molar-refractivity contribution in [2.24, 2.45) is 11.7 Å². The number of nitrogens with two attached hydrogens (primary N) is 1. The molecule has 2 aromatic rings. The molecule has 1 aromatic carbocycles. The highest BCUT2D eigenvalue weighted by Gasteiger charge is 2.31. The second kappa shape index (κ2) is 8.45. The number of carbonyl (C=O) groups excluding carboxylic acids is 1. The third kappa shape index (κ3) is 4.38. The molecule has 7 heteroatoms. The lowest BCUT2D eigenvalue weighted by atomic mass is 9.91. The molecular formula is C18H25ClN4O2. The number of amides is 1. The number of halogens is 1. The van der Waals surface area contributed by atoms with Crippen molar-refractivity contribution in [3.63, 3.8) is 0 Å². The summed E-state index contributed by atoms with van der Waals surface area (Å²) in [6.45, 7) is 5.14. The van der Waals surface area contributed by atoms with Crippen molar-refractivity contribution in [2.75, 3.05) is 13.1 Å². The maximum absolute atomic E-state index is 12.8. The number of aryl methyl sites for hydroxylation is 1. The fraction of sp³-hybridized carbons (Fsp3) is 0.500. The topological polar surface area (TPSA) is 85.2 Å². The van der Waals surface area contributed by atoms with Crippen LogP contribution in [0.3, 0.4) is 0 Å². The highest BCUT2D eigenvalue weighted by Crippen LogP contribution is 2.29. The molecule has 0 bridgehead atoms. The van der Waals surface area contributed by atoms with Crippen molar-refractivity contribution >= 4 is 18.3 Å². The molecule has 2 N–H and O–H groups in total. The van der Waals surface area contributed by atoms with E-state index in [-0.39, 0.29) is 36.2 Å². The van der Waals surface area contributed by atoms with Crippen LogP contribution in [-0.4, -0.2) is 34.0 Å². The van der Waals surface area contributed by atoms with Gasteiger partial charge in [0.15, 0.2) is 5.82 Å². The summed E-state index contributed by atoms with van der Waals surface area (Å²) in [5, 5.41) is 3.85. The van der Waals surface area contributed by atoms with Crippen LogP contribution in [0, 0.1) is 12.8 Å². The van der Waals surface area contributed by atoms with E-state index in [0.29, 0.717) is 24.8 Å². The number of aromatic nitrogens is 2. The molecule has 0 aliphatic carbocycles. The van der Waals surface area contributed by atoms with E-state index < -0.39 is 0 Å². The first-order valence-corrected chi connectivity index (χ1v) is 8.45. The van der Waals surface area contributed by atoms with Crippen molar-refractivity contribution in [1.29, 1.82) is 0 Å². The number of hydrogen-bond donors (Lipinski definition) is 1. The Morgan fingerprint density at radius 1 is 1.28 bits per heavy atom. The Morgan fingerprint density at radius 3 is 2.48 bits per heavy atom. The van der Waals surface area contributed by atoms with Crippen LogP contribution in [0.4, 0.5) is 0 Å². The van der Waals surface area contributed by atoms with E-state index >= 15 is 0 Å². The smallest absolute Gasteiger partial charge is 0.229 e. The van der Waals surface area contributed by atoms with Crippen LogP contribution in [0.1, 0.15) is 49.0 Å². The number of rotatable bonds is 4. The van der Waals surface area contributed by atoms with E-state index in [9.17, 15) is 4.79 Å². The summed E-state index contributed by atoms with van der Waals surface area (Å²) >= 11 is 0. The van der Waals surface area contributed by atoms with E-state index in [0.717, 1.165) is 18.4 Å². The molecule has 1 aromatic heterocycles. The molecule has 0 radical (unpaired) electrons. The molecule has 0 spiro atoms. The summed E-state index contributed by atoms with van der Waals surface area (Å²) in [5.74, 6) is 1.47. The van der Waals surface area contributed by atoms with Gasteiger partial charge >= 0.3 is 0 Å². The van der Waals surface area contributed by atoms with Gasteiger partial charge in [0.2, 0.25) is 11.8 Å². The van der Waals surface area contributed by atoms with Crippen LogP contribution in [-0.2, 0) is 4.79 Å². The molecule has 2 heterocycles. The summed E-state index contributed by atoms with van der Waals surface area (Å²) in [6.07, 6.45) is 1.70. The fourth-order valence-corrected chi connectivity index (χ4v) is 3.23. The van der Waals surface area contributed by atoms with Crippen LogP contribution in [0.2, 0.25) is 0 Å². The molecule has 1 fully saturated rings. The molecule has 2 atom stereocenters. The largest absolute Gasteiger partial charge is 0.342 e. The third-order valence-electron chi connectivity index (χ3n) is 4.81. The second-order valence-corrected chi connectivity index (χ2v) is 6.50. The highest BCUT2D eigenvalue weighted by atomic mass is 35.5. The van der Waals surface area contributed by atoms with Crippen molar-refractivity contribution in [3.8, 4) is 0 Å². The van der Waals surface area contributed by atoms with Gasteiger partial charge in [0.25, 0.3) is 0 Å². The summed E-state index contributed by atoms with van der Waals surface area (Å²) in [6, 6.07) is 9.51. The highest BCUT2D eigenvalue weighted by molar-refractivity contribution is 5.85. The zero-order chi connectivity index (χ0) is 17.1. The van der Waals surface area contributed by atoms with Gasteiger partial charge in [0, 0.05) is 25.0 Å². The van der Waals surface area contributed by atoms with Gasteiger partial charge in [0.05, 0.1) is 5.92 Å². The van der Waals surface area contributed by atoms with Crippen LogP contribution in [0.5, 0.6) is 0 Å². The molecule has 0 saturated carbocycles. The van der Waals surface area contributed by atoms with Gasteiger partial charge < -0.3 is 15.2 Å². The normalized spacial score (nSPS) is 17.6. The monoisotopic (exact) mass is 364 g/mol. The first-order valence-electron chi connectivity index (χ1n) is 8.45. The predicted molar refractivity (Wildman–Crippen MR) is 97.4 cm³/mol. The molecule has 25 heavy (non-hydrogen) atoms. The Labute approximate surface area is 154 Å². The number of carbonyl (C=O) groups is 1. The second-order valence-electron chi connectivity index (χ2n) is 6.50. The summed E-state index contributed by atoms with van der Waals surface area (Å²) in [7, 11) is 0. The summed E-state index contributed by atoms with van der Waals surface area (Å²) in [4.78, 5) is 19.0. The average Bonchev–Trinajstić information content (AvgIpc) is 3.07. The molecule has 1 amide bonds. The molecule has 2 unspecified atom stereocenters. The van der Waals surface area contributed by atoms with Crippen molar-refractivity contribution in [1.82, 2.24) is 15.0 Å². The minimum atomic E-state index is -0.282. The van der Waals surface area contributed by atoms with Gasteiger partial charge in [-0.25, -0.2) is 0 Å². The first-order chi connectivity index (χ1) is 11.6. The van der Waals surface area contributed by atoms with E-state index in [4.69, 9.17) is 10.3 Å². The molecule has 3 rings (SSSR count). The number of hydrogen-bond acceptors (Lipinski definition) is 5. The molecule has 1 aliphatic rings. The van der Waals surface area contributed by atoms with Gasteiger partial charge in [-0.3, -0.25) is 4.79 Å². The van der Waals surface area contributed by atoms with Gasteiger partial charge in [-0.2, -0.15) is 4.98 Å². The fourth-order valence-electron chi connectivity index (χ4n) is 3.23. The minimum Gasteiger partial charge on any atom is -0.342 e. The van der Waals surface area contributed by atoms with E-state index in [1.807, 2.05) is 49.1 Å². The zero-order valence-corrected chi connectivity index (χ0v) is 15.4. The standard InChI is InChI=1S/C18H24N4O2.ClH/c1-12(16(19)14-6-4-3-5-7-14)18(23)22-10-8-15(9-11-22)17-20-13(2)21-24-17;/h3-7,12,15-16H,8-11,19H2,1-2H3;1H. The Bertz CT molecular complexity index is 683. The molecule has 1 aliphatic heterocycles. The van der Waals surface area contributed by atoms with Gasteiger partial charge in [-0.15, -0.1) is 12.4 Å². The van der Waals surface area contributed by atoms with Crippen LogP contribution in [0.25, 0.3) is 0 Å². The molecule has 1 saturated heterocycles. The molecular weight excluding hydrogens is 340 g/mol. The summed E-state index contributed by atoms with van der Waals surface area (Å²) < 4.78 is 5.26. The number of benzene rings is 1. The Morgan fingerprint density at radius 2 is 1.92 bits per heavy atom. The van der Waals surface area contributed by atoms with Crippen LogP contribution >= 0.6 is 12.4 Å². The quantitative estimate of drug-likeness (QED) is 0.901. The Hall–Kier alpha value is -1.92. The van der Waals surface area contributed by atoms with Crippen LogP contribution < -0.4 is 5.73 Å². The molecule has 136 valence electrons. The maximum atomic E-state index is 12.8. The minimum absolute atomic E-state index is 0. The van der Waals surface area contributed by atoms with Crippen molar-refractivity contribution < 1.29 is 9.32 Å². The Kier molecular flexibility index (Phi) is 6.56. The Balaban J connectivity index is 0.00000225. The zero-order valence-electron chi connectivity index (χ0n) is 14.6. The summed E-state index contributed by atoms with van der Waals surface area (Å²) in [5.41, 5.74) is 7.28. The number of likely N-dealkylation sites (tertiary alicyclic amines) is 1. The molecule has 6 nitrogen and oxygen atoms in total. The van der Waals surface area contributed by atoms with E-state index in [1.165, 1.54) is 0 Å². The van der Waals surface area contributed by atoms with Gasteiger partial charge in [-0.1, -0.05) is 42.4 Å². The maximum Gasteiger partial charge on any atom is 0.229 e. The van der Waals surface area contributed by atoms with Gasteiger partial charge in [0.1, 0.15) is 0 Å². The SMILES string of the molecule is Cc1noc(C2CCN(C(=O)C(C)C(N)c3ccccc3)CC2)n1.Cl. The number of piperidine rings is 1. The van der Waals surface area contributed by atoms with E-state index in [1.54, 1.807) is 0 Å². The van der Waals surface area contributed by atoms with Gasteiger partial charge in [-0.05, 0) is 25.3 Å². The first kappa shape index (κ1) is 19.4. The van der Waals surface area contributed by atoms with Crippen LogP contribution in [0.15, 0.2) is 34.9 Å². The van der Waals surface area contributed by atoms with Crippen molar-refractivity contribution in [3.05, 3.63) is 47.6 Å². The lowest BCUT2D eigenvalue weighted by Crippen LogP contribution is -2.43. The predicted octanol–water partition coefficient (Wildman–Crippen LogP) is 2.84. The number of nitrogens with zero attached hydrogens (tertiary/aromatic N) is 3. The average molecular weight is 365 g/mol. The lowest BCUT2D eigenvalue weighted by molar-refractivity contribution is -0.136. The van der Waals surface area contributed by atoms with Crippen molar-refractivity contribution in [2.45, 2.75) is 38.6 Å². The van der Waals surface area contributed by atoms with E-state index in [2.05, 4.69) is 10.1 Å².